The standard InChI is InChI=1S/C22H23N3O3/c23-21-8-7-16(12-24-21)20-11-18(10-15-4-1-2-6-19(15)20)28-14-22(26)25-13-17-5-3-9-27-17/h1-2,4,6-8,10-12,17H,3,5,9,13-14H2,(H2,23,24)(H,25,26). The molecule has 3 N–H and O–H groups in total. The highest BCUT2D eigenvalue weighted by Crippen LogP contribution is 2.33. The quantitative estimate of drug-likeness (QED) is 0.689. The molecule has 0 bridgehead atoms. The molecule has 1 atom stereocenters. The highest BCUT2D eigenvalue weighted by Gasteiger charge is 2.16. The summed E-state index contributed by atoms with van der Waals surface area (Å²) in [4.78, 5) is 16.3. The van der Waals surface area contributed by atoms with E-state index in [-0.39, 0.29) is 18.6 Å². The zero-order valence-corrected chi connectivity index (χ0v) is 15.6. The summed E-state index contributed by atoms with van der Waals surface area (Å²) in [6, 6.07) is 15.6. The lowest BCUT2D eigenvalue weighted by atomic mass is 9.99. The molecule has 1 aromatic heterocycles. The van der Waals surface area contributed by atoms with Gasteiger partial charge in [-0.1, -0.05) is 24.3 Å². The second kappa shape index (κ2) is 8.27. The van der Waals surface area contributed by atoms with Gasteiger partial charge in [-0.2, -0.15) is 0 Å². The summed E-state index contributed by atoms with van der Waals surface area (Å²) in [5, 5.41) is 4.99. The van der Waals surface area contributed by atoms with Crippen LogP contribution in [0.15, 0.2) is 54.7 Å². The van der Waals surface area contributed by atoms with Crippen molar-refractivity contribution in [2.75, 3.05) is 25.5 Å². The number of fused-ring (bicyclic) bond motifs is 1. The zero-order valence-electron chi connectivity index (χ0n) is 15.6. The molecule has 1 saturated heterocycles. The lowest BCUT2D eigenvalue weighted by Crippen LogP contribution is -2.35. The van der Waals surface area contributed by atoms with Crippen LogP contribution in [0, 0.1) is 0 Å². The number of carbonyl (C=O) groups is 1. The van der Waals surface area contributed by atoms with Crippen LogP contribution in [0.25, 0.3) is 21.9 Å². The van der Waals surface area contributed by atoms with Crippen LogP contribution in [0.5, 0.6) is 5.75 Å². The smallest absolute Gasteiger partial charge is 0.258 e. The summed E-state index contributed by atoms with van der Waals surface area (Å²) < 4.78 is 11.3. The van der Waals surface area contributed by atoms with E-state index < -0.39 is 0 Å². The maximum Gasteiger partial charge on any atom is 0.258 e. The Morgan fingerprint density at radius 2 is 2.14 bits per heavy atom. The lowest BCUT2D eigenvalue weighted by molar-refractivity contribution is -0.123. The number of carbonyl (C=O) groups excluding carboxylic acids is 1. The van der Waals surface area contributed by atoms with Crippen LogP contribution in [0.2, 0.25) is 0 Å². The zero-order chi connectivity index (χ0) is 19.3. The van der Waals surface area contributed by atoms with Gasteiger partial charge in [0.2, 0.25) is 0 Å². The predicted octanol–water partition coefficient (Wildman–Crippen LogP) is 3.16. The number of hydrogen-bond acceptors (Lipinski definition) is 5. The number of hydrogen-bond donors (Lipinski definition) is 2. The fourth-order valence-corrected chi connectivity index (χ4v) is 3.40. The van der Waals surface area contributed by atoms with Gasteiger partial charge in [0.25, 0.3) is 5.91 Å². The third-order valence-corrected chi connectivity index (χ3v) is 4.85. The Bertz CT molecular complexity index is 966. The number of nitrogens with one attached hydrogen (secondary N) is 1. The first-order valence-corrected chi connectivity index (χ1v) is 9.45. The minimum atomic E-state index is -0.153. The molecular weight excluding hydrogens is 354 g/mol. The fourth-order valence-electron chi connectivity index (χ4n) is 3.40. The summed E-state index contributed by atoms with van der Waals surface area (Å²) in [6.07, 6.45) is 3.91. The molecule has 0 spiro atoms. The number of benzene rings is 2. The molecular formula is C22H23N3O3. The molecule has 6 nitrogen and oxygen atoms in total. The first-order valence-electron chi connectivity index (χ1n) is 9.45. The van der Waals surface area contributed by atoms with Gasteiger partial charge in [-0.25, -0.2) is 4.98 Å². The number of amides is 1. The van der Waals surface area contributed by atoms with Crippen LogP contribution >= 0.6 is 0 Å². The second-order valence-corrected chi connectivity index (χ2v) is 6.89. The van der Waals surface area contributed by atoms with Crippen molar-refractivity contribution in [3.05, 3.63) is 54.7 Å². The summed E-state index contributed by atoms with van der Waals surface area (Å²) >= 11 is 0. The van der Waals surface area contributed by atoms with Gasteiger partial charge < -0.3 is 20.5 Å². The van der Waals surface area contributed by atoms with E-state index >= 15 is 0 Å². The third-order valence-electron chi connectivity index (χ3n) is 4.85. The van der Waals surface area contributed by atoms with Gasteiger partial charge in [-0.3, -0.25) is 4.79 Å². The van der Waals surface area contributed by atoms with E-state index in [1.54, 1.807) is 12.3 Å². The normalized spacial score (nSPS) is 16.2. The molecule has 1 unspecified atom stereocenters. The van der Waals surface area contributed by atoms with Crippen molar-refractivity contribution < 1.29 is 14.3 Å². The van der Waals surface area contributed by atoms with Crippen LogP contribution in [0.4, 0.5) is 5.82 Å². The van der Waals surface area contributed by atoms with E-state index in [1.165, 1.54) is 0 Å². The molecule has 0 saturated carbocycles. The van der Waals surface area contributed by atoms with Crippen LogP contribution in [0.1, 0.15) is 12.8 Å². The highest BCUT2D eigenvalue weighted by atomic mass is 16.5. The molecule has 2 aromatic carbocycles. The Morgan fingerprint density at radius 3 is 2.93 bits per heavy atom. The minimum absolute atomic E-state index is 0.0372. The van der Waals surface area contributed by atoms with Crippen molar-refractivity contribution >= 4 is 22.5 Å². The highest BCUT2D eigenvalue weighted by molar-refractivity contribution is 5.97. The van der Waals surface area contributed by atoms with Gasteiger partial charge in [-0.15, -0.1) is 0 Å². The molecule has 6 heteroatoms. The first-order chi connectivity index (χ1) is 13.7. The topological polar surface area (TPSA) is 86.5 Å². The molecule has 1 fully saturated rings. The number of anilines is 1. The largest absolute Gasteiger partial charge is 0.484 e. The molecule has 3 aromatic rings. The van der Waals surface area contributed by atoms with E-state index in [9.17, 15) is 4.79 Å². The van der Waals surface area contributed by atoms with Gasteiger partial charge in [0.1, 0.15) is 11.6 Å². The Hall–Kier alpha value is -3.12. The van der Waals surface area contributed by atoms with E-state index in [2.05, 4.69) is 16.4 Å². The van der Waals surface area contributed by atoms with Gasteiger partial charge in [0.05, 0.1) is 6.10 Å². The number of aromatic nitrogens is 1. The SMILES string of the molecule is Nc1ccc(-c2cc(OCC(=O)NCC3CCCO3)cc3ccccc23)cn1. The Labute approximate surface area is 163 Å². The summed E-state index contributed by atoms with van der Waals surface area (Å²) in [5.41, 5.74) is 7.64. The van der Waals surface area contributed by atoms with Gasteiger partial charge in [-0.05, 0) is 53.4 Å². The van der Waals surface area contributed by atoms with Crippen LogP contribution < -0.4 is 15.8 Å². The van der Waals surface area contributed by atoms with Gasteiger partial charge >= 0.3 is 0 Å². The molecule has 2 heterocycles. The van der Waals surface area contributed by atoms with Crippen LogP contribution in [-0.2, 0) is 9.53 Å². The maximum atomic E-state index is 12.1. The van der Waals surface area contributed by atoms with Crippen LogP contribution in [0.3, 0.4) is 0 Å². The van der Waals surface area contributed by atoms with Crippen molar-refractivity contribution in [2.24, 2.45) is 0 Å². The average molecular weight is 377 g/mol. The fraction of sp³-hybridized carbons (Fsp3) is 0.273. The van der Waals surface area contributed by atoms with Crippen LogP contribution in [-0.4, -0.2) is 36.8 Å². The van der Waals surface area contributed by atoms with Crippen molar-refractivity contribution in [1.82, 2.24) is 10.3 Å². The molecule has 28 heavy (non-hydrogen) atoms. The molecule has 144 valence electrons. The first kappa shape index (κ1) is 18.3. The summed E-state index contributed by atoms with van der Waals surface area (Å²) in [6.45, 7) is 1.27. The number of ether oxygens (including phenoxy) is 2. The van der Waals surface area contributed by atoms with Crippen molar-refractivity contribution in [2.45, 2.75) is 18.9 Å². The van der Waals surface area contributed by atoms with Crippen molar-refractivity contribution in [3.8, 4) is 16.9 Å². The van der Waals surface area contributed by atoms with Gasteiger partial charge in [0.15, 0.2) is 6.61 Å². The predicted molar refractivity (Wildman–Crippen MR) is 109 cm³/mol. The van der Waals surface area contributed by atoms with Crippen molar-refractivity contribution in [1.29, 1.82) is 0 Å². The number of rotatable bonds is 6. The number of nitrogen functional groups attached to an aromatic ring is 1. The summed E-state index contributed by atoms with van der Waals surface area (Å²) in [7, 11) is 0. The second-order valence-electron chi connectivity index (χ2n) is 6.89. The minimum Gasteiger partial charge on any atom is -0.484 e. The molecule has 4 rings (SSSR count). The third kappa shape index (κ3) is 4.23. The molecule has 0 aliphatic carbocycles. The van der Waals surface area contributed by atoms with E-state index in [0.717, 1.165) is 41.3 Å². The summed E-state index contributed by atoms with van der Waals surface area (Å²) in [5.74, 6) is 0.959. The Kier molecular flexibility index (Phi) is 5.39. The number of pyridine rings is 1. The van der Waals surface area contributed by atoms with E-state index in [0.29, 0.717) is 18.1 Å². The van der Waals surface area contributed by atoms with E-state index in [4.69, 9.17) is 15.2 Å². The Balaban J connectivity index is 1.50. The van der Waals surface area contributed by atoms with E-state index in [1.807, 2.05) is 36.4 Å². The number of nitrogens with two attached hydrogens (primary N) is 1. The molecule has 1 aliphatic rings. The Morgan fingerprint density at radius 1 is 1.25 bits per heavy atom. The number of nitrogens with zero attached hydrogens (tertiary/aromatic N) is 1. The lowest BCUT2D eigenvalue weighted by Gasteiger charge is -2.13. The van der Waals surface area contributed by atoms with Gasteiger partial charge in [0, 0.05) is 24.9 Å². The average Bonchev–Trinajstić information content (AvgIpc) is 3.24. The molecule has 0 radical (unpaired) electrons. The molecule has 1 aliphatic heterocycles. The molecule has 1 amide bonds. The monoisotopic (exact) mass is 377 g/mol. The maximum absolute atomic E-state index is 12.1. The van der Waals surface area contributed by atoms with Crippen molar-refractivity contribution in [3.63, 3.8) is 0 Å².